The molecule has 166 valence electrons. The maximum atomic E-state index is 13.9. The van der Waals surface area contributed by atoms with E-state index in [0.717, 1.165) is 39.4 Å². The van der Waals surface area contributed by atoms with E-state index < -0.39 is 0 Å². The number of aromatic amines is 1. The van der Waals surface area contributed by atoms with E-state index in [2.05, 4.69) is 34.1 Å². The molecule has 1 unspecified atom stereocenters. The quantitative estimate of drug-likeness (QED) is 0.466. The average Bonchev–Trinajstić information content (AvgIpc) is 3.55. The third-order valence-electron chi connectivity index (χ3n) is 6.45. The van der Waals surface area contributed by atoms with Crippen LogP contribution in [0.3, 0.4) is 0 Å². The highest BCUT2D eigenvalue weighted by Gasteiger charge is 2.37. The minimum Gasteiger partial charge on any atom is -0.376 e. The summed E-state index contributed by atoms with van der Waals surface area (Å²) in [5.41, 5.74) is 7.22. The number of H-pyrrole nitrogens is 1. The van der Waals surface area contributed by atoms with Crippen molar-refractivity contribution in [1.82, 2.24) is 34.1 Å². The number of anilines is 1. The Balaban J connectivity index is 1.46. The molecular formula is C24H24N8O. The molecule has 1 aliphatic rings. The second-order valence-electron chi connectivity index (χ2n) is 8.68. The number of nitrogens with zero attached hydrogens (tertiary/aromatic N) is 7. The van der Waals surface area contributed by atoms with Crippen LogP contribution in [0.25, 0.3) is 11.0 Å². The molecule has 6 rings (SSSR count). The standard InChI is InChI=1S/C24H24N8O/c1-15-5-4-9-31-21(15)11-19(28-31)23-22-18(25-14-26-22)8-10-30(23)24(33)17-12-27-32-13-16(29(2)3)6-7-20(17)32/h4-7,9,11-14,23H,8,10H2,1-3H3,(H,25,26). The molecule has 1 N–H and O–H groups in total. The van der Waals surface area contributed by atoms with Crippen molar-refractivity contribution in [2.45, 2.75) is 19.4 Å². The van der Waals surface area contributed by atoms with Gasteiger partial charge in [0.15, 0.2) is 0 Å². The lowest BCUT2D eigenvalue weighted by molar-refractivity contribution is 0.0689. The van der Waals surface area contributed by atoms with Gasteiger partial charge in [0.25, 0.3) is 5.91 Å². The van der Waals surface area contributed by atoms with Gasteiger partial charge in [0, 0.05) is 39.0 Å². The van der Waals surface area contributed by atoms with Crippen LogP contribution in [0.1, 0.15) is 39.0 Å². The molecule has 0 aromatic carbocycles. The second kappa shape index (κ2) is 7.19. The highest BCUT2D eigenvalue weighted by molar-refractivity contribution is 6.01. The summed E-state index contributed by atoms with van der Waals surface area (Å²) < 4.78 is 3.63. The van der Waals surface area contributed by atoms with Crippen LogP contribution in [0.2, 0.25) is 0 Å². The number of aromatic nitrogens is 6. The minimum absolute atomic E-state index is 0.0740. The van der Waals surface area contributed by atoms with E-state index in [1.54, 1.807) is 17.0 Å². The molecule has 0 fully saturated rings. The fraction of sp³-hybridized carbons (Fsp3) is 0.250. The Morgan fingerprint density at radius 2 is 2.06 bits per heavy atom. The van der Waals surface area contributed by atoms with Crippen molar-refractivity contribution < 1.29 is 4.79 Å². The Labute approximate surface area is 190 Å². The Morgan fingerprint density at radius 1 is 1.18 bits per heavy atom. The van der Waals surface area contributed by atoms with E-state index in [1.807, 2.05) is 59.0 Å². The molecule has 1 amide bonds. The van der Waals surface area contributed by atoms with Gasteiger partial charge in [-0.15, -0.1) is 0 Å². The molecule has 1 atom stereocenters. The number of amides is 1. The topological polar surface area (TPSA) is 86.8 Å². The third-order valence-corrected chi connectivity index (χ3v) is 6.45. The average molecular weight is 441 g/mol. The van der Waals surface area contributed by atoms with Crippen LogP contribution in [-0.2, 0) is 6.42 Å². The van der Waals surface area contributed by atoms with E-state index in [0.29, 0.717) is 18.5 Å². The van der Waals surface area contributed by atoms with E-state index in [9.17, 15) is 4.79 Å². The van der Waals surface area contributed by atoms with Crippen molar-refractivity contribution in [3.63, 3.8) is 0 Å². The molecule has 1 aliphatic heterocycles. The lowest BCUT2D eigenvalue weighted by atomic mass is 9.98. The summed E-state index contributed by atoms with van der Waals surface area (Å²) in [7, 11) is 3.96. The highest BCUT2D eigenvalue weighted by Crippen LogP contribution is 2.35. The number of nitrogens with one attached hydrogen (secondary N) is 1. The van der Waals surface area contributed by atoms with Crippen LogP contribution in [0, 0.1) is 6.92 Å². The number of fused-ring (bicyclic) bond motifs is 3. The van der Waals surface area contributed by atoms with E-state index in [4.69, 9.17) is 5.10 Å². The van der Waals surface area contributed by atoms with Crippen LogP contribution in [0.4, 0.5) is 5.69 Å². The molecule has 0 bridgehead atoms. The molecule has 5 aromatic rings. The molecule has 0 saturated carbocycles. The summed E-state index contributed by atoms with van der Waals surface area (Å²) in [6.45, 7) is 2.63. The zero-order chi connectivity index (χ0) is 22.7. The van der Waals surface area contributed by atoms with Crippen molar-refractivity contribution in [3.8, 4) is 0 Å². The maximum Gasteiger partial charge on any atom is 0.258 e. The number of aryl methyl sites for hydroxylation is 1. The first-order valence-electron chi connectivity index (χ1n) is 10.9. The van der Waals surface area contributed by atoms with Crippen LogP contribution >= 0.6 is 0 Å². The largest absolute Gasteiger partial charge is 0.376 e. The zero-order valence-corrected chi connectivity index (χ0v) is 18.7. The Morgan fingerprint density at radius 3 is 2.88 bits per heavy atom. The fourth-order valence-corrected chi connectivity index (χ4v) is 4.66. The molecule has 9 nitrogen and oxygen atoms in total. The minimum atomic E-state index is -0.372. The molecule has 33 heavy (non-hydrogen) atoms. The first kappa shape index (κ1) is 19.5. The van der Waals surface area contributed by atoms with Gasteiger partial charge in [-0.2, -0.15) is 10.2 Å². The summed E-state index contributed by atoms with van der Waals surface area (Å²) >= 11 is 0. The smallest absolute Gasteiger partial charge is 0.258 e. The fourth-order valence-electron chi connectivity index (χ4n) is 4.66. The number of pyridine rings is 2. The van der Waals surface area contributed by atoms with Gasteiger partial charge < -0.3 is 14.8 Å². The summed E-state index contributed by atoms with van der Waals surface area (Å²) in [4.78, 5) is 25.6. The summed E-state index contributed by atoms with van der Waals surface area (Å²) in [6, 6.07) is 9.67. The van der Waals surface area contributed by atoms with Crippen LogP contribution in [0.5, 0.6) is 0 Å². The van der Waals surface area contributed by atoms with E-state index in [1.165, 1.54) is 0 Å². The highest BCUT2D eigenvalue weighted by atomic mass is 16.2. The number of carbonyl (C=O) groups is 1. The number of hydrogen-bond acceptors (Lipinski definition) is 5. The summed E-state index contributed by atoms with van der Waals surface area (Å²) in [6.07, 6.45) is 7.93. The van der Waals surface area contributed by atoms with E-state index >= 15 is 0 Å². The lowest BCUT2D eigenvalue weighted by Gasteiger charge is -2.33. The number of rotatable bonds is 3. The van der Waals surface area contributed by atoms with Crippen LogP contribution < -0.4 is 4.90 Å². The van der Waals surface area contributed by atoms with Gasteiger partial charge in [0.2, 0.25) is 0 Å². The van der Waals surface area contributed by atoms with Gasteiger partial charge in [0.05, 0.1) is 52.4 Å². The molecular weight excluding hydrogens is 416 g/mol. The van der Waals surface area contributed by atoms with Gasteiger partial charge in [-0.05, 0) is 36.8 Å². The molecule has 6 heterocycles. The van der Waals surface area contributed by atoms with Crippen molar-refractivity contribution >= 4 is 22.6 Å². The molecule has 5 aromatic heterocycles. The first-order valence-corrected chi connectivity index (χ1v) is 10.9. The van der Waals surface area contributed by atoms with Crippen LogP contribution in [-0.4, -0.2) is 60.6 Å². The molecule has 0 spiro atoms. The SMILES string of the molecule is Cc1cccn2nc(C3c4nc[nH]c4CCN3C(=O)c3cnn4cc(N(C)C)ccc34)cc12. The van der Waals surface area contributed by atoms with Crippen molar-refractivity contribution in [1.29, 1.82) is 0 Å². The second-order valence-corrected chi connectivity index (χ2v) is 8.68. The summed E-state index contributed by atoms with van der Waals surface area (Å²) in [5.74, 6) is -0.0740. The molecule has 0 aliphatic carbocycles. The Bertz CT molecular complexity index is 1510. The van der Waals surface area contributed by atoms with Gasteiger partial charge in [-0.3, -0.25) is 4.79 Å². The Hall–Kier alpha value is -4.14. The van der Waals surface area contributed by atoms with Gasteiger partial charge in [-0.25, -0.2) is 14.0 Å². The normalized spacial score (nSPS) is 15.8. The van der Waals surface area contributed by atoms with Crippen LogP contribution in [0.15, 0.2) is 55.2 Å². The molecule has 9 heteroatoms. The monoisotopic (exact) mass is 440 g/mol. The van der Waals surface area contributed by atoms with Gasteiger partial charge in [0.1, 0.15) is 6.04 Å². The van der Waals surface area contributed by atoms with Gasteiger partial charge in [-0.1, -0.05) is 6.07 Å². The van der Waals surface area contributed by atoms with Crippen molar-refractivity contribution in [2.24, 2.45) is 0 Å². The first-order chi connectivity index (χ1) is 16.0. The Kier molecular flexibility index (Phi) is 4.26. The number of hydrogen-bond donors (Lipinski definition) is 1. The lowest BCUT2D eigenvalue weighted by Crippen LogP contribution is -2.41. The van der Waals surface area contributed by atoms with Crippen molar-refractivity contribution in [2.75, 3.05) is 25.5 Å². The predicted molar refractivity (Wildman–Crippen MR) is 125 cm³/mol. The number of imidazole rings is 1. The predicted octanol–water partition coefficient (Wildman–Crippen LogP) is 2.87. The molecule has 0 radical (unpaired) electrons. The third kappa shape index (κ3) is 3.00. The number of carbonyl (C=O) groups excluding carboxylic acids is 1. The van der Waals surface area contributed by atoms with Crippen molar-refractivity contribution in [3.05, 3.63) is 83.5 Å². The van der Waals surface area contributed by atoms with E-state index in [-0.39, 0.29) is 11.9 Å². The zero-order valence-electron chi connectivity index (χ0n) is 18.7. The maximum absolute atomic E-state index is 13.9. The summed E-state index contributed by atoms with van der Waals surface area (Å²) in [5, 5.41) is 9.28. The van der Waals surface area contributed by atoms with Gasteiger partial charge >= 0.3 is 0 Å². The molecule has 0 saturated heterocycles.